The molecule has 4 nitrogen and oxygen atoms in total. The summed E-state index contributed by atoms with van der Waals surface area (Å²) < 4.78 is 2.10. The Kier molecular flexibility index (Phi) is 5.61. The standard InChI is InChI=1S/C16H30N4/c1-5-14(4)20-10-7-15(18-20)12-19-9-8-16(17-6-2)13(3)11-19/h7,10,13-14,16-17H,5-6,8-9,11-12H2,1-4H3. The molecule has 3 atom stereocenters. The average molecular weight is 278 g/mol. The molecule has 0 saturated carbocycles. The molecule has 0 amide bonds. The van der Waals surface area contributed by atoms with Gasteiger partial charge in [-0.25, -0.2) is 0 Å². The topological polar surface area (TPSA) is 33.1 Å². The monoisotopic (exact) mass is 278 g/mol. The Labute approximate surface area is 123 Å². The summed E-state index contributed by atoms with van der Waals surface area (Å²) in [5, 5.41) is 8.31. The zero-order chi connectivity index (χ0) is 14.5. The Morgan fingerprint density at radius 2 is 2.25 bits per heavy atom. The minimum Gasteiger partial charge on any atom is -0.314 e. The van der Waals surface area contributed by atoms with E-state index in [-0.39, 0.29) is 0 Å². The van der Waals surface area contributed by atoms with Crippen LogP contribution in [0.2, 0.25) is 0 Å². The Morgan fingerprint density at radius 3 is 2.90 bits per heavy atom. The van der Waals surface area contributed by atoms with Gasteiger partial charge in [0.1, 0.15) is 0 Å². The van der Waals surface area contributed by atoms with Crippen LogP contribution in [-0.4, -0.2) is 40.4 Å². The first-order chi connectivity index (χ1) is 9.63. The molecule has 1 N–H and O–H groups in total. The summed E-state index contributed by atoms with van der Waals surface area (Å²) in [6, 6.07) is 3.36. The third-order valence-electron chi connectivity index (χ3n) is 4.55. The van der Waals surface area contributed by atoms with Gasteiger partial charge in [-0.2, -0.15) is 5.10 Å². The van der Waals surface area contributed by atoms with Gasteiger partial charge >= 0.3 is 0 Å². The SMILES string of the molecule is CCNC1CCN(Cc2ccn(C(C)CC)n2)CC1C. The lowest BCUT2D eigenvalue weighted by atomic mass is 9.94. The van der Waals surface area contributed by atoms with E-state index < -0.39 is 0 Å². The molecule has 20 heavy (non-hydrogen) atoms. The predicted octanol–water partition coefficient (Wildman–Crippen LogP) is 2.67. The van der Waals surface area contributed by atoms with E-state index >= 15 is 0 Å². The fourth-order valence-electron chi connectivity index (χ4n) is 3.06. The number of nitrogens with one attached hydrogen (secondary N) is 1. The predicted molar refractivity (Wildman–Crippen MR) is 83.8 cm³/mol. The van der Waals surface area contributed by atoms with Gasteiger partial charge in [0.25, 0.3) is 0 Å². The fraction of sp³-hybridized carbons (Fsp3) is 0.812. The van der Waals surface area contributed by atoms with Crippen LogP contribution in [0.25, 0.3) is 0 Å². The molecule has 114 valence electrons. The zero-order valence-corrected chi connectivity index (χ0v) is 13.5. The van der Waals surface area contributed by atoms with Crippen molar-refractivity contribution >= 4 is 0 Å². The number of likely N-dealkylation sites (tertiary alicyclic amines) is 1. The normalized spacial score (nSPS) is 25.8. The molecule has 1 aromatic heterocycles. The average Bonchev–Trinajstić information content (AvgIpc) is 2.89. The Balaban J connectivity index is 1.87. The molecule has 0 aromatic carbocycles. The van der Waals surface area contributed by atoms with Crippen molar-refractivity contribution in [3.63, 3.8) is 0 Å². The van der Waals surface area contributed by atoms with Gasteiger partial charge in [0.15, 0.2) is 0 Å². The van der Waals surface area contributed by atoms with E-state index in [0.717, 1.165) is 25.4 Å². The number of aromatic nitrogens is 2. The van der Waals surface area contributed by atoms with Gasteiger partial charge < -0.3 is 5.32 Å². The second kappa shape index (κ2) is 7.23. The van der Waals surface area contributed by atoms with Gasteiger partial charge in [0.2, 0.25) is 0 Å². The highest BCUT2D eigenvalue weighted by Gasteiger charge is 2.25. The van der Waals surface area contributed by atoms with Gasteiger partial charge in [-0.1, -0.05) is 20.8 Å². The highest BCUT2D eigenvalue weighted by Crippen LogP contribution is 2.19. The molecular formula is C16H30N4. The largest absolute Gasteiger partial charge is 0.314 e. The maximum absolute atomic E-state index is 4.71. The zero-order valence-electron chi connectivity index (χ0n) is 13.5. The molecule has 0 radical (unpaired) electrons. The van der Waals surface area contributed by atoms with E-state index in [0.29, 0.717) is 12.1 Å². The number of rotatable bonds is 6. The molecule has 0 aliphatic carbocycles. The smallest absolute Gasteiger partial charge is 0.0764 e. The molecule has 3 unspecified atom stereocenters. The maximum atomic E-state index is 4.71. The molecule has 4 heteroatoms. The van der Waals surface area contributed by atoms with Crippen molar-refractivity contribution in [1.29, 1.82) is 0 Å². The lowest BCUT2D eigenvalue weighted by Crippen LogP contribution is -2.47. The van der Waals surface area contributed by atoms with Crippen LogP contribution < -0.4 is 5.32 Å². The van der Waals surface area contributed by atoms with Crippen molar-refractivity contribution in [3.8, 4) is 0 Å². The number of nitrogens with zero attached hydrogens (tertiary/aromatic N) is 3. The quantitative estimate of drug-likeness (QED) is 0.868. The van der Waals surface area contributed by atoms with Crippen LogP contribution >= 0.6 is 0 Å². The van der Waals surface area contributed by atoms with E-state index in [4.69, 9.17) is 5.10 Å². The second-order valence-electron chi connectivity index (χ2n) is 6.21. The minimum absolute atomic E-state index is 0.502. The molecule has 1 fully saturated rings. The molecular weight excluding hydrogens is 248 g/mol. The van der Waals surface area contributed by atoms with Gasteiger partial charge in [-0.3, -0.25) is 9.58 Å². The van der Waals surface area contributed by atoms with Crippen LogP contribution in [0.4, 0.5) is 0 Å². The lowest BCUT2D eigenvalue weighted by Gasteiger charge is -2.37. The van der Waals surface area contributed by atoms with E-state index in [1.807, 2.05) is 0 Å². The van der Waals surface area contributed by atoms with Crippen LogP contribution in [0.5, 0.6) is 0 Å². The molecule has 2 heterocycles. The van der Waals surface area contributed by atoms with E-state index in [1.54, 1.807) is 0 Å². The molecule has 1 aromatic rings. The number of hydrogen-bond donors (Lipinski definition) is 1. The van der Waals surface area contributed by atoms with Gasteiger partial charge in [0, 0.05) is 37.9 Å². The first kappa shape index (κ1) is 15.5. The van der Waals surface area contributed by atoms with Gasteiger partial charge in [-0.05, 0) is 38.3 Å². The Morgan fingerprint density at radius 1 is 1.45 bits per heavy atom. The first-order valence-electron chi connectivity index (χ1n) is 8.13. The summed E-state index contributed by atoms with van der Waals surface area (Å²) in [4.78, 5) is 2.54. The van der Waals surface area contributed by atoms with Crippen LogP contribution in [0, 0.1) is 5.92 Å². The van der Waals surface area contributed by atoms with Gasteiger partial charge in [-0.15, -0.1) is 0 Å². The minimum atomic E-state index is 0.502. The summed E-state index contributed by atoms with van der Waals surface area (Å²) in [5.41, 5.74) is 1.21. The molecule has 0 spiro atoms. The summed E-state index contributed by atoms with van der Waals surface area (Å²) in [7, 11) is 0. The number of piperidine rings is 1. The highest BCUT2D eigenvalue weighted by molar-refractivity contribution is 5.00. The van der Waals surface area contributed by atoms with Crippen LogP contribution in [-0.2, 0) is 6.54 Å². The summed E-state index contributed by atoms with van der Waals surface area (Å²) in [6.45, 7) is 13.4. The first-order valence-corrected chi connectivity index (χ1v) is 8.13. The van der Waals surface area contributed by atoms with Crippen molar-refractivity contribution in [3.05, 3.63) is 18.0 Å². The van der Waals surface area contributed by atoms with E-state index in [2.05, 4.69) is 54.9 Å². The van der Waals surface area contributed by atoms with E-state index in [1.165, 1.54) is 25.2 Å². The number of hydrogen-bond acceptors (Lipinski definition) is 3. The Hall–Kier alpha value is -0.870. The molecule has 2 rings (SSSR count). The molecule has 1 saturated heterocycles. The third-order valence-corrected chi connectivity index (χ3v) is 4.55. The van der Waals surface area contributed by atoms with Crippen molar-refractivity contribution in [1.82, 2.24) is 20.0 Å². The van der Waals surface area contributed by atoms with Crippen molar-refractivity contribution in [2.45, 2.75) is 59.2 Å². The van der Waals surface area contributed by atoms with Crippen molar-refractivity contribution in [2.24, 2.45) is 5.92 Å². The van der Waals surface area contributed by atoms with Crippen LogP contribution in [0.15, 0.2) is 12.3 Å². The third kappa shape index (κ3) is 3.83. The maximum Gasteiger partial charge on any atom is 0.0764 e. The summed E-state index contributed by atoms with van der Waals surface area (Å²) >= 11 is 0. The van der Waals surface area contributed by atoms with Crippen molar-refractivity contribution < 1.29 is 0 Å². The van der Waals surface area contributed by atoms with Crippen LogP contribution in [0.3, 0.4) is 0 Å². The molecule has 1 aliphatic heterocycles. The fourth-order valence-corrected chi connectivity index (χ4v) is 3.06. The summed E-state index contributed by atoms with van der Waals surface area (Å²) in [6.07, 6.45) is 4.51. The van der Waals surface area contributed by atoms with Gasteiger partial charge in [0.05, 0.1) is 5.69 Å². The van der Waals surface area contributed by atoms with Crippen LogP contribution in [0.1, 0.15) is 52.3 Å². The highest BCUT2D eigenvalue weighted by atomic mass is 15.3. The van der Waals surface area contributed by atoms with Crippen molar-refractivity contribution in [2.75, 3.05) is 19.6 Å². The molecule has 1 aliphatic rings. The Bertz CT molecular complexity index is 401. The van der Waals surface area contributed by atoms with E-state index in [9.17, 15) is 0 Å². The molecule has 0 bridgehead atoms. The second-order valence-corrected chi connectivity index (χ2v) is 6.21. The lowest BCUT2D eigenvalue weighted by molar-refractivity contribution is 0.140. The summed E-state index contributed by atoms with van der Waals surface area (Å²) in [5.74, 6) is 0.723.